The van der Waals surface area contributed by atoms with Crippen molar-refractivity contribution >= 4 is 0 Å². The van der Waals surface area contributed by atoms with Crippen LogP contribution >= 0.6 is 0 Å². The van der Waals surface area contributed by atoms with E-state index in [1.165, 1.54) is 19.3 Å². The highest BCUT2D eigenvalue weighted by atomic mass is 15.3. The van der Waals surface area contributed by atoms with Crippen molar-refractivity contribution in [2.24, 2.45) is 5.73 Å². The van der Waals surface area contributed by atoms with Crippen molar-refractivity contribution in [2.45, 2.75) is 37.9 Å². The average Bonchev–Trinajstić information content (AvgIpc) is 2.62. The van der Waals surface area contributed by atoms with E-state index in [-0.39, 0.29) is 5.54 Å². The molecule has 1 aromatic heterocycles. The summed E-state index contributed by atoms with van der Waals surface area (Å²) in [6.07, 6.45) is 5.46. The second-order valence-corrected chi connectivity index (χ2v) is 4.87. The van der Waals surface area contributed by atoms with Gasteiger partial charge in [-0.3, -0.25) is 4.90 Å². The molecule has 1 fully saturated rings. The van der Waals surface area contributed by atoms with Crippen LogP contribution in [0.5, 0.6) is 0 Å². The van der Waals surface area contributed by atoms with Crippen LogP contribution in [0.25, 0.3) is 0 Å². The van der Waals surface area contributed by atoms with Crippen molar-refractivity contribution in [3.63, 3.8) is 0 Å². The third kappa shape index (κ3) is 1.66. The molecule has 5 nitrogen and oxygen atoms in total. The fourth-order valence-corrected chi connectivity index (χ4v) is 2.49. The number of nitrogens with zero attached hydrogens (tertiary/aromatic N) is 4. The van der Waals surface area contributed by atoms with Crippen molar-refractivity contribution in [1.82, 2.24) is 19.7 Å². The lowest BCUT2D eigenvalue weighted by atomic mass is 9.77. The van der Waals surface area contributed by atoms with Gasteiger partial charge in [-0.1, -0.05) is 0 Å². The Bertz CT molecular complexity index is 354. The summed E-state index contributed by atoms with van der Waals surface area (Å²) in [4.78, 5) is 2.41. The van der Waals surface area contributed by atoms with Crippen LogP contribution in [0.2, 0.25) is 0 Å². The normalized spacial score (nSPS) is 24.6. The lowest BCUT2D eigenvalue weighted by molar-refractivity contribution is 0.121. The van der Waals surface area contributed by atoms with Gasteiger partial charge in [0.2, 0.25) is 0 Å². The molecule has 1 aliphatic heterocycles. The van der Waals surface area contributed by atoms with Crippen molar-refractivity contribution in [3.8, 4) is 0 Å². The van der Waals surface area contributed by atoms with E-state index in [4.69, 9.17) is 5.73 Å². The van der Waals surface area contributed by atoms with Crippen LogP contribution in [0.1, 0.15) is 25.1 Å². The number of aromatic nitrogens is 3. The van der Waals surface area contributed by atoms with Gasteiger partial charge in [0.05, 0.1) is 6.54 Å². The van der Waals surface area contributed by atoms with Crippen LogP contribution in [0, 0.1) is 0 Å². The van der Waals surface area contributed by atoms with E-state index in [9.17, 15) is 0 Å². The van der Waals surface area contributed by atoms with Gasteiger partial charge in [0, 0.05) is 25.2 Å². The van der Waals surface area contributed by atoms with Gasteiger partial charge in [-0.25, -0.2) is 0 Å². The second-order valence-electron chi connectivity index (χ2n) is 4.87. The molecule has 1 aromatic rings. The molecule has 15 heavy (non-hydrogen) atoms. The number of nitrogens with two attached hydrogens (primary N) is 1. The molecule has 1 aliphatic carbocycles. The SMILES string of the molecule is NC1(CN2CCn3cnnc3C2)CCC1. The Hall–Kier alpha value is -0.940. The Morgan fingerprint density at radius 2 is 2.27 bits per heavy atom. The molecule has 0 spiro atoms. The maximum atomic E-state index is 6.24. The molecule has 3 rings (SSSR count). The quantitative estimate of drug-likeness (QED) is 0.740. The van der Waals surface area contributed by atoms with Gasteiger partial charge in [0.1, 0.15) is 12.2 Å². The zero-order chi connectivity index (χ0) is 10.3. The summed E-state index contributed by atoms with van der Waals surface area (Å²) >= 11 is 0. The van der Waals surface area contributed by atoms with Crippen molar-refractivity contribution < 1.29 is 0 Å². The standard InChI is InChI=1S/C10H17N5/c11-10(2-1-3-10)7-14-4-5-15-8-12-13-9(15)6-14/h8H,1-7,11H2. The monoisotopic (exact) mass is 207 g/mol. The minimum atomic E-state index is 0.0855. The molecule has 2 N–H and O–H groups in total. The van der Waals surface area contributed by atoms with Crippen molar-refractivity contribution in [2.75, 3.05) is 13.1 Å². The topological polar surface area (TPSA) is 60.0 Å². The van der Waals surface area contributed by atoms with Crippen LogP contribution in [0.3, 0.4) is 0 Å². The predicted octanol–water partition coefficient (Wildman–Crippen LogP) is -0.0249. The maximum Gasteiger partial charge on any atom is 0.147 e. The zero-order valence-electron chi connectivity index (χ0n) is 8.89. The first kappa shape index (κ1) is 9.30. The van der Waals surface area contributed by atoms with Gasteiger partial charge < -0.3 is 10.3 Å². The summed E-state index contributed by atoms with van der Waals surface area (Å²) in [7, 11) is 0. The average molecular weight is 207 g/mol. The van der Waals surface area contributed by atoms with Crippen LogP contribution in [-0.2, 0) is 13.1 Å². The molecule has 0 bridgehead atoms. The van der Waals surface area contributed by atoms with Gasteiger partial charge in [0.25, 0.3) is 0 Å². The van der Waals surface area contributed by atoms with Crippen molar-refractivity contribution in [1.29, 1.82) is 0 Å². The Kier molecular flexibility index (Phi) is 2.03. The fourth-order valence-electron chi connectivity index (χ4n) is 2.49. The van der Waals surface area contributed by atoms with E-state index in [0.29, 0.717) is 0 Å². The zero-order valence-corrected chi connectivity index (χ0v) is 8.89. The summed E-state index contributed by atoms with van der Waals surface area (Å²) in [6, 6.07) is 0. The number of fused-ring (bicyclic) bond motifs is 1. The number of hydrogen-bond acceptors (Lipinski definition) is 4. The highest BCUT2D eigenvalue weighted by molar-refractivity contribution is 4.98. The third-order valence-corrected chi connectivity index (χ3v) is 3.61. The molecule has 0 radical (unpaired) electrons. The Morgan fingerprint density at radius 3 is 3.00 bits per heavy atom. The highest BCUT2D eigenvalue weighted by Gasteiger charge is 2.35. The van der Waals surface area contributed by atoms with E-state index in [0.717, 1.165) is 32.0 Å². The van der Waals surface area contributed by atoms with E-state index in [1.807, 2.05) is 6.33 Å². The molecule has 2 aliphatic rings. The molecule has 0 aromatic carbocycles. The maximum absolute atomic E-state index is 6.24. The van der Waals surface area contributed by atoms with Gasteiger partial charge in [-0.05, 0) is 19.3 Å². The van der Waals surface area contributed by atoms with Crippen LogP contribution < -0.4 is 5.73 Å². The summed E-state index contributed by atoms with van der Waals surface area (Å²) < 4.78 is 2.13. The predicted molar refractivity (Wildman–Crippen MR) is 56.1 cm³/mol. The van der Waals surface area contributed by atoms with E-state index in [1.54, 1.807) is 0 Å². The highest BCUT2D eigenvalue weighted by Crippen LogP contribution is 2.30. The number of hydrogen-bond donors (Lipinski definition) is 1. The smallest absolute Gasteiger partial charge is 0.147 e. The van der Waals surface area contributed by atoms with Gasteiger partial charge in [0.15, 0.2) is 0 Å². The molecule has 0 atom stereocenters. The second kappa shape index (κ2) is 3.28. The number of rotatable bonds is 2. The minimum absolute atomic E-state index is 0.0855. The summed E-state index contributed by atoms with van der Waals surface area (Å²) in [5.41, 5.74) is 6.33. The molecule has 5 heteroatoms. The molecular formula is C10H17N5. The van der Waals surface area contributed by atoms with Crippen molar-refractivity contribution in [3.05, 3.63) is 12.2 Å². The van der Waals surface area contributed by atoms with Gasteiger partial charge >= 0.3 is 0 Å². The molecule has 1 saturated carbocycles. The van der Waals surface area contributed by atoms with Crippen LogP contribution in [0.15, 0.2) is 6.33 Å². The third-order valence-electron chi connectivity index (χ3n) is 3.61. The fraction of sp³-hybridized carbons (Fsp3) is 0.800. The molecule has 0 unspecified atom stereocenters. The Labute approximate surface area is 89.3 Å². The van der Waals surface area contributed by atoms with Crippen LogP contribution in [0.4, 0.5) is 0 Å². The summed E-state index contributed by atoms with van der Waals surface area (Å²) in [6.45, 7) is 3.99. The van der Waals surface area contributed by atoms with E-state index in [2.05, 4.69) is 19.7 Å². The van der Waals surface area contributed by atoms with Gasteiger partial charge in [-0.15, -0.1) is 10.2 Å². The van der Waals surface area contributed by atoms with E-state index >= 15 is 0 Å². The summed E-state index contributed by atoms with van der Waals surface area (Å²) in [5, 5.41) is 8.04. The van der Waals surface area contributed by atoms with E-state index < -0.39 is 0 Å². The molecule has 0 amide bonds. The molecule has 82 valence electrons. The lowest BCUT2D eigenvalue weighted by Gasteiger charge is -2.42. The minimum Gasteiger partial charge on any atom is -0.324 e. The molecule has 2 heterocycles. The Morgan fingerprint density at radius 1 is 1.40 bits per heavy atom. The largest absolute Gasteiger partial charge is 0.324 e. The molecular weight excluding hydrogens is 190 g/mol. The Balaban J connectivity index is 1.66. The summed E-state index contributed by atoms with van der Waals surface area (Å²) in [5.74, 6) is 1.07. The van der Waals surface area contributed by atoms with Crippen LogP contribution in [-0.4, -0.2) is 38.3 Å². The van der Waals surface area contributed by atoms with Gasteiger partial charge in [-0.2, -0.15) is 0 Å². The lowest BCUT2D eigenvalue weighted by Crippen LogP contribution is -2.56. The first-order valence-corrected chi connectivity index (χ1v) is 5.63. The molecule has 0 saturated heterocycles. The first-order valence-electron chi connectivity index (χ1n) is 5.63. The first-order chi connectivity index (χ1) is 7.25.